The number of hydrogen-bond donors (Lipinski definition) is 1. The van der Waals surface area contributed by atoms with E-state index in [1.165, 1.54) is 0 Å². The quantitative estimate of drug-likeness (QED) is 0.534. The number of carbonyl (C=O) groups is 1. The summed E-state index contributed by atoms with van der Waals surface area (Å²) in [5, 5.41) is 7.75. The van der Waals surface area contributed by atoms with Gasteiger partial charge in [-0.3, -0.25) is 0 Å². The molecule has 0 heterocycles. The van der Waals surface area contributed by atoms with E-state index >= 15 is 0 Å². The molecule has 2 nitrogen and oxygen atoms in total. The van der Waals surface area contributed by atoms with Gasteiger partial charge in [0.2, 0.25) is 0 Å². The van der Waals surface area contributed by atoms with Gasteiger partial charge in [-0.25, -0.2) is 0 Å². The zero-order valence-corrected chi connectivity index (χ0v) is 4.48. The molecule has 0 fully saturated rings. The van der Waals surface area contributed by atoms with E-state index in [1.54, 1.807) is 5.82 Å². The van der Waals surface area contributed by atoms with Gasteiger partial charge in [0.1, 0.15) is 0 Å². The molecule has 1 N–H and O–H groups in total. The van der Waals surface area contributed by atoms with Crippen molar-refractivity contribution in [3.8, 4) is 0 Å². The van der Waals surface area contributed by atoms with Crippen LogP contribution in [0.1, 0.15) is 0 Å². The van der Waals surface area contributed by atoms with Crippen molar-refractivity contribution in [1.29, 1.82) is 0 Å². The van der Waals surface area contributed by atoms with Crippen LogP contribution in [0, 0.1) is 0 Å². The SMILES string of the molecule is C[Se]C(=O)O. The van der Waals surface area contributed by atoms with E-state index in [9.17, 15) is 4.79 Å². The van der Waals surface area contributed by atoms with Gasteiger partial charge >= 0.3 is 35.5 Å². The fourth-order valence-electron chi connectivity index (χ4n) is 0. The predicted octanol–water partition coefficient (Wildman–Crippen LogP) is 0.417. The van der Waals surface area contributed by atoms with Gasteiger partial charge < -0.3 is 0 Å². The standard InChI is InChI=1S/C2H4O2Se/c1-5-2(3)4/h1H3,(H,3,4). The third kappa shape index (κ3) is 3.99. The Balaban J connectivity index is 2.85. The van der Waals surface area contributed by atoms with Gasteiger partial charge in [-0.05, 0) is 0 Å². The first kappa shape index (κ1) is 4.99. The fraction of sp³-hybridized carbons (Fsp3) is 0.500. The van der Waals surface area contributed by atoms with E-state index in [-0.39, 0.29) is 15.0 Å². The Morgan fingerprint density at radius 2 is 2.20 bits per heavy atom. The first-order chi connectivity index (χ1) is 2.27. The molecule has 0 aromatic rings. The summed E-state index contributed by atoms with van der Waals surface area (Å²) in [7, 11) is 0. The minimum atomic E-state index is -0.683. The van der Waals surface area contributed by atoms with E-state index in [0.29, 0.717) is 0 Å². The summed E-state index contributed by atoms with van der Waals surface area (Å²) in [5.41, 5.74) is 0. The topological polar surface area (TPSA) is 37.3 Å². The Morgan fingerprint density at radius 3 is 2.20 bits per heavy atom. The second-order valence-electron chi connectivity index (χ2n) is 0.470. The van der Waals surface area contributed by atoms with Gasteiger partial charge in [0.15, 0.2) is 0 Å². The van der Waals surface area contributed by atoms with Crippen LogP contribution in [-0.2, 0) is 0 Å². The van der Waals surface area contributed by atoms with E-state index in [0.717, 1.165) is 0 Å². The summed E-state index contributed by atoms with van der Waals surface area (Å²) >= 11 is -0.208. The molecule has 0 spiro atoms. The van der Waals surface area contributed by atoms with Gasteiger partial charge in [-0.15, -0.1) is 0 Å². The van der Waals surface area contributed by atoms with Crippen molar-refractivity contribution >= 4 is 19.8 Å². The zero-order valence-electron chi connectivity index (χ0n) is 2.76. The molecule has 0 aromatic heterocycles. The third-order valence-corrected chi connectivity index (χ3v) is 0.907. The van der Waals surface area contributed by atoms with Crippen LogP contribution in [0.3, 0.4) is 0 Å². The normalized spacial score (nSPS) is 7.40. The number of hydrogen-bond acceptors (Lipinski definition) is 1. The molecule has 0 amide bonds. The fourth-order valence-corrected chi connectivity index (χ4v) is 0. The summed E-state index contributed by atoms with van der Waals surface area (Å²) in [6.07, 6.45) is 0. The maximum atomic E-state index is 9.40. The Kier molecular flexibility index (Phi) is 2.24. The Bertz CT molecular complexity index is 42.9. The van der Waals surface area contributed by atoms with Gasteiger partial charge in [-0.2, -0.15) is 0 Å². The summed E-state index contributed by atoms with van der Waals surface area (Å²) in [6, 6.07) is 0. The van der Waals surface area contributed by atoms with Gasteiger partial charge in [-0.1, -0.05) is 0 Å². The molecule has 0 saturated carbocycles. The van der Waals surface area contributed by atoms with E-state index in [1.807, 2.05) is 0 Å². The van der Waals surface area contributed by atoms with Crippen molar-refractivity contribution in [2.45, 2.75) is 5.82 Å². The Morgan fingerprint density at radius 1 is 2.00 bits per heavy atom. The van der Waals surface area contributed by atoms with Crippen molar-refractivity contribution in [2.75, 3.05) is 0 Å². The molecule has 3 heteroatoms. The molecular weight excluding hydrogens is 135 g/mol. The molecule has 0 aliphatic carbocycles. The number of carboxylic acid groups (broad SMARTS) is 1. The van der Waals surface area contributed by atoms with Crippen LogP contribution in [0.2, 0.25) is 5.82 Å². The molecule has 0 atom stereocenters. The monoisotopic (exact) mass is 140 g/mol. The van der Waals surface area contributed by atoms with Crippen LogP contribution in [0.25, 0.3) is 0 Å². The number of rotatable bonds is 1. The van der Waals surface area contributed by atoms with Gasteiger partial charge in [0.05, 0.1) is 0 Å². The van der Waals surface area contributed by atoms with Gasteiger partial charge in [0.25, 0.3) is 0 Å². The molecule has 5 heavy (non-hydrogen) atoms. The second-order valence-corrected chi connectivity index (χ2v) is 2.06. The first-order valence-corrected chi connectivity index (χ1v) is 3.61. The van der Waals surface area contributed by atoms with Crippen LogP contribution < -0.4 is 0 Å². The average molecular weight is 139 g/mol. The van der Waals surface area contributed by atoms with Crippen molar-refractivity contribution < 1.29 is 9.90 Å². The van der Waals surface area contributed by atoms with Crippen molar-refractivity contribution in [3.63, 3.8) is 0 Å². The minimum absolute atomic E-state index is 0.208. The van der Waals surface area contributed by atoms with Crippen LogP contribution >= 0.6 is 0 Å². The first-order valence-electron chi connectivity index (χ1n) is 1.04. The van der Waals surface area contributed by atoms with Crippen LogP contribution in [0.15, 0.2) is 0 Å². The van der Waals surface area contributed by atoms with Crippen LogP contribution in [-0.4, -0.2) is 24.9 Å². The predicted molar refractivity (Wildman–Crippen MR) is 19.6 cm³/mol. The molecule has 0 unspecified atom stereocenters. The summed E-state index contributed by atoms with van der Waals surface area (Å²) in [5.74, 6) is 1.66. The maximum absolute atomic E-state index is 9.40. The Hall–Kier alpha value is -0.0105. The van der Waals surface area contributed by atoms with Crippen molar-refractivity contribution in [1.82, 2.24) is 0 Å². The van der Waals surface area contributed by atoms with Crippen LogP contribution in [0.4, 0.5) is 4.79 Å². The average Bonchev–Trinajstić information content (AvgIpc) is 1.38. The van der Waals surface area contributed by atoms with Crippen LogP contribution in [0.5, 0.6) is 0 Å². The van der Waals surface area contributed by atoms with Gasteiger partial charge in [0, 0.05) is 0 Å². The summed E-state index contributed by atoms with van der Waals surface area (Å²) in [4.78, 5) is 8.71. The van der Waals surface area contributed by atoms with E-state index in [4.69, 9.17) is 5.11 Å². The second kappa shape index (κ2) is 2.24. The third-order valence-electron chi connectivity index (χ3n) is 0.175. The molecule has 0 rings (SSSR count). The molecule has 0 saturated heterocycles. The molecule has 30 valence electrons. The molecule has 0 aliphatic rings. The molecule has 0 bridgehead atoms. The van der Waals surface area contributed by atoms with Crippen molar-refractivity contribution in [3.05, 3.63) is 0 Å². The van der Waals surface area contributed by atoms with E-state index < -0.39 is 4.87 Å². The Labute approximate surface area is 36.3 Å². The van der Waals surface area contributed by atoms with E-state index in [2.05, 4.69) is 0 Å². The zero-order chi connectivity index (χ0) is 4.28. The summed E-state index contributed by atoms with van der Waals surface area (Å²) < 4.78 is 0. The molecule has 0 aromatic carbocycles. The molecule has 0 radical (unpaired) electrons. The van der Waals surface area contributed by atoms with Crippen molar-refractivity contribution in [2.24, 2.45) is 0 Å². The molecular formula is C2H4O2Se. The summed E-state index contributed by atoms with van der Waals surface area (Å²) in [6.45, 7) is 0. The molecule has 0 aliphatic heterocycles.